The summed E-state index contributed by atoms with van der Waals surface area (Å²) < 4.78 is 42.6. The summed E-state index contributed by atoms with van der Waals surface area (Å²) in [6.07, 6.45) is -3.69. The predicted octanol–water partition coefficient (Wildman–Crippen LogP) is 3.68. The molecule has 2 rings (SSSR count). The molecule has 2 unspecified atom stereocenters. The normalized spacial score (nSPS) is 14.9. The van der Waals surface area contributed by atoms with Gasteiger partial charge in [-0.05, 0) is 36.8 Å². The summed E-state index contributed by atoms with van der Waals surface area (Å²) in [5.41, 5.74) is -0.294. The Labute approximate surface area is 120 Å². The Balaban J connectivity index is 1.93. The van der Waals surface area contributed by atoms with Crippen LogP contribution in [0.25, 0.3) is 0 Å². The van der Waals surface area contributed by atoms with E-state index in [9.17, 15) is 18.3 Å². The lowest BCUT2D eigenvalue weighted by atomic mass is 10.1. The van der Waals surface area contributed by atoms with E-state index in [2.05, 4.69) is 5.32 Å². The van der Waals surface area contributed by atoms with E-state index in [4.69, 9.17) is 4.42 Å². The molecule has 0 aliphatic rings. The quantitative estimate of drug-likeness (QED) is 0.885. The van der Waals surface area contributed by atoms with Crippen molar-refractivity contribution in [3.63, 3.8) is 0 Å². The van der Waals surface area contributed by atoms with E-state index in [1.807, 2.05) is 13.0 Å². The van der Waals surface area contributed by atoms with Gasteiger partial charge in [0.25, 0.3) is 0 Å². The van der Waals surface area contributed by atoms with E-state index in [0.29, 0.717) is 5.56 Å². The number of hydrogen-bond donors (Lipinski definition) is 2. The summed E-state index contributed by atoms with van der Waals surface area (Å²) in [5.74, 6) is 0.731. The second-order valence-electron chi connectivity index (χ2n) is 4.78. The Hall–Kier alpha value is -1.79. The minimum absolute atomic E-state index is 0.0934. The third kappa shape index (κ3) is 4.09. The monoisotopic (exact) mass is 299 g/mol. The topological polar surface area (TPSA) is 45.4 Å². The maximum absolute atomic E-state index is 12.4. The zero-order valence-electron chi connectivity index (χ0n) is 11.4. The number of aliphatic hydroxyl groups is 1. The first-order chi connectivity index (χ1) is 9.88. The van der Waals surface area contributed by atoms with Crippen molar-refractivity contribution in [2.24, 2.45) is 0 Å². The molecule has 1 heterocycles. The van der Waals surface area contributed by atoms with Crippen molar-refractivity contribution in [2.75, 3.05) is 6.54 Å². The summed E-state index contributed by atoms with van der Waals surface area (Å²) in [6.45, 7) is 2.09. The molecule has 2 N–H and O–H groups in total. The summed E-state index contributed by atoms with van der Waals surface area (Å²) in [6, 6.07) is 7.98. The highest BCUT2D eigenvalue weighted by molar-refractivity contribution is 5.26. The molecule has 2 aromatic rings. The van der Waals surface area contributed by atoms with Gasteiger partial charge in [-0.2, -0.15) is 13.2 Å². The third-order valence-corrected chi connectivity index (χ3v) is 3.21. The Morgan fingerprint density at radius 1 is 1.19 bits per heavy atom. The second-order valence-corrected chi connectivity index (χ2v) is 4.78. The summed E-state index contributed by atoms with van der Waals surface area (Å²) >= 11 is 0. The smallest absolute Gasteiger partial charge is 0.416 e. The van der Waals surface area contributed by atoms with Crippen LogP contribution in [-0.2, 0) is 6.18 Å². The standard InChI is InChI=1S/C15H16F3NO2/c1-10(14-3-2-8-21-14)19-9-13(20)11-4-6-12(7-5-11)15(16,17)18/h2-8,10,13,19-20H,9H2,1H3. The number of hydrogen-bond acceptors (Lipinski definition) is 3. The van der Waals surface area contributed by atoms with Crippen LogP contribution < -0.4 is 5.32 Å². The molecule has 21 heavy (non-hydrogen) atoms. The van der Waals surface area contributed by atoms with Crippen molar-refractivity contribution in [3.8, 4) is 0 Å². The van der Waals surface area contributed by atoms with Gasteiger partial charge in [-0.15, -0.1) is 0 Å². The van der Waals surface area contributed by atoms with Gasteiger partial charge in [0.1, 0.15) is 5.76 Å². The fraction of sp³-hybridized carbons (Fsp3) is 0.333. The minimum atomic E-state index is -4.37. The fourth-order valence-corrected chi connectivity index (χ4v) is 1.94. The molecule has 0 aliphatic heterocycles. The van der Waals surface area contributed by atoms with Crippen LogP contribution in [-0.4, -0.2) is 11.7 Å². The minimum Gasteiger partial charge on any atom is -0.468 e. The van der Waals surface area contributed by atoms with Crippen LogP contribution >= 0.6 is 0 Å². The molecular formula is C15H16F3NO2. The molecule has 0 spiro atoms. The highest BCUT2D eigenvalue weighted by Crippen LogP contribution is 2.29. The van der Waals surface area contributed by atoms with Gasteiger partial charge in [0.05, 0.1) is 24.0 Å². The molecule has 0 radical (unpaired) electrons. The van der Waals surface area contributed by atoms with Crippen LogP contribution in [0.5, 0.6) is 0 Å². The number of benzene rings is 1. The lowest BCUT2D eigenvalue weighted by Crippen LogP contribution is -2.24. The Morgan fingerprint density at radius 2 is 1.86 bits per heavy atom. The van der Waals surface area contributed by atoms with Gasteiger partial charge in [-0.1, -0.05) is 12.1 Å². The van der Waals surface area contributed by atoms with Crippen molar-refractivity contribution >= 4 is 0 Å². The SMILES string of the molecule is CC(NCC(O)c1ccc(C(F)(F)F)cc1)c1ccco1. The lowest BCUT2D eigenvalue weighted by Gasteiger charge is -2.16. The molecule has 0 bridgehead atoms. The molecule has 0 fully saturated rings. The third-order valence-electron chi connectivity index (χ3n) is 3.21. The van der Waals surface area contributed by atoms with Crippen LogP contribution in [0.2, 0.25) is 0 Å². The maximum Gasteiger partial charge on any atom is 0.416 e. The highest BCUT2D eigenvalue weighted by atomic mass is 19.4. The number of furan rings is 1. The molecule has 114 valence electrons. The Kier molecular flexibility index (Phi) is 4.69. The Morgan fingerprint density at radius 3 is 2.38 bits per heavy atom. The van der Waals surface area contributed by atoms with Crippen LogP contribution in [0.4, 0.5) is 13.2 Å². The van der Waals surface area contributed by atoms with Gasteiger partial charge in [0.2, 0.25) is 0 Å². The van der Waals surface area contributed by atoms with Crippen LogP contribution in [0, 0.1) is 0 Å². The van der Waals surface area contributed by atoms with Gasteiger partial charge < -0.3 is 14.8 Å². The fourth-order valence-electron chi connectivity index (χ4n) is 1.94. The number of nitrogens with one attached hydrogen (secondary N) is 1. The molecule has 0 aliphatic carbocycles. The van der Waals surface area contributed by atoms with Gasteiger partial charge in [-0.25, -0.2) is 0 Å². The van der Waals surface area contributed by atoms with E-state index in [0.717, 1.165) is 17.9 Å². The summed E-state index contributed by atoms with van der Waals surface area (Å²) in [5, 5.41) is 13.0. The largest absolute Gasteiger partial charge is 0.468 e. The molecule has 0 saturated heterocycles. The number of halogens is 3. The molecule has 2 atom stereocenters. The zero-order chi connectivity index (χ0) is 15.5. The molecule has 6 heteroatoms. The first kappa shape index (κ1) is 15.6. The van der Waals surface area contributed by atoms with E-state index >= 15 is 0 Å². The molecule has 0 saturated carbocycles. The second kappa shape index (κ2) is 6.32. The van der Waals surface area contributed by atoms with E-state index in [1.54, 1.807) is 12.3 Å². The van der Waals surface area contributed by atoms with E-state index in [1.165, 1.54) is 12.1 Å². The molecular weight excluding hydrogens is 283 g/mol. The molecule has 1 aromatic carbocycles. The number of aliphatic hydroxyl groups excluding tert-OH is 1. The van der Waals surface area contributed by atoms with Gasteiger partial charge in [-0.3, -0.25) is 0 Å². The summed E-state index contributed by atoms with van der Waals surface area (Å²) in [4.78, 5) is 0. The first-order valence-electron chi connectivity index (χ1n) is 6.50. The van der Waals surface area contributed by atoms with Crippen molar-refractivity contribution in [1.82, 2.24) is 5.32 Å². The van der Waals surface area contributed by atoms with Gasteiger partial charge >= 0.3 is 6.18 Å². The molecule has 3 nitrogen and oxygen atoms in total. The maximum atomic E-state index is 12.4. The summed E-state index contributed by atoms with van der Waals surface area (Å²) in [7, 11) is 0. The lowest BCUT2D eigenvalue weighted by molar-refractivity contribution is -0.137. The molecule has 1 aromatic heterocycles. The van der Waals surface area contributed by atoms with Crippen molar-refractivity contribution < 1.29 is 22.7 Å². The average molecular weight is 299 g/mol. The highest BCUT2D eigenvalue weighted by Gasteiger charge is 2.30. The zero-order valence-corrected chi connectivity index (χ0v) is 11.4. The van der Waals surface area contributed by atoms with Gasteiger partial charge in [0.15, 0.2) is 0 Å². The van der Waals surface area contributed by atoms with Gasteiger partial charge in [0, 0.05) is 6.54 Å². The predicted molar refractivity (Wildman–Crippen MR) is 71.5 cm³/mol. The number of alkyl halides is 3. The van der Waals surface area contributed by atoms with Crippen molar-refractivity contribution in [3.05, 3.63) is 59.5 Å². The van der Waals surface area contributed by atoms with E-state index in [-0.39, 0.29) is 12.6 Å². The van der Waals surface area contributed by atoms with Crippen LogP contribution in [0.1, 0.15) is 36.0 Å². The average Bonchev–Trinajstić information content (AvgIpc) is 2.98. The van der Waals surface area contributed by atoms with Crippen molar-refractivity contribution in [2.45, 2.75) is 25.2 Å². The Bertz CT molecular complexity index is 549. The first-order valence-corrected chi connectivity index (χ1v) is 6.50. The number of rotatable bonds is 5. The molecule has 0 amide bonds. The van der Waals surface area contributed by atoms with Crippen LogP contribution in [0.15, 0.2) is 47.1 Å². The van der Waals surface area contributed by atoms with Crippen molar-refractivity contribution in [1.29, 1.82) is 0 Å². The van der Waals surface area contributed by atoms with Crippen LogP contribution in [0.3, 0.4) is 0 Å². The van der Waals surface area contributed by atoms with E-state index < -0.39 is 17.8 Å².